The van der Waals surface area contributed by atoms with Crippen LogP contribution in [0.4, 0.5) is 0 Å². The summed E-state index contributed by atoms with van der Waals surface area (Å²) in [6.07, 6.45) is 8.20. The topological polar surface area (TPSA) is 52.7 Å². The lowest BCUT2D eigenvalue weighted by Gasteiger charge is -2.21. The van der Waals surface area contributed by atoms with Gasteiger partial charge in [-0.05, 0) is 107 Å². The van der Waals surface area contributed by atoms with Crippen LogP contribution in [0.5, 0.6) is 0 Å². The Kier molecular flexibility index (Phi) is 7.81. The predicted octanol–water partition coefficient (Wildman–Crippen LogP) is 13.1. The van der Waals surface area contributed by atoms with Crippen LogP contribution in [0.3, 0.4) is 0 Å². The van der Waals surface area contributed by atoms with Gasteiger partial charge in [0, 0.05) is 43.7 Å². The molecule has 6 heteroatoms. The van der Waals surface area contributed by atoms with E-state index in [9.17, 15) is 0 Å². The molecule has 294 valence electrons. The molecule has 5 heterocycles. The molecule has 0 bridgehead atoms. The summed E-state index contributed by atoms with van der Waals surface area (Å²) in [6, 6.07) is 53.9. The molecule has 0 unspecified atom stereocenters. The van der Waals surface area contributed by atoms with E-state index >= 15 is 0 Å². The summed E-state index contributed by atoms with van der Waals surface area (Å²) < 4.78 is 38.3. The number of para-hydroxylation sites is 3. The number of hydrogen-bond donors (Lipinski definition) is 0. The van der Waals surface area contributed by atoms with Crippen molar-refractivity contribution in [2.24, 2.45) is 0 Å². The molecular formula is C55H44N5O+. The van der Waals surface area contributed by atoms with Gasteiger partial charge in [0.15, 0.2) is 11.4 Å². The molecule has 0 radical (unpaired) electrons. The molecule has 11 aromatic rings. The molecule has 5 aromatic heterocycles. The second-order valence-corrected chi connectivity index (χ2v) is 16.8. The van der Waals surface area contributed by atoms with E-state index in [1.807, 2.05) is 79.1 Å². The zero-order valence-corrected chi connectivity index (χ0v) is 34.2. The van der Waals surface area contributed by atoms with E-state index in [4.69, 9.17) is 18.5 Å². The van der Waals surface area contributed by atoms with Gasteiger partial charge in [0.1, 0.15) is 22.9 Å². The van der Waals surface area contributed by atoms with Crippen molar-refractivity contribution in [1.29, 1.82) is 0 Å². The fourth-order valence-corrected chi connectivity index (χ4v) is 8.91. The van der Waals surface area contributed by atoms with Crippen molar-refractivity contribution in [3.8, 4) is 39.6 Å². The number of furan rings is 1. The van der Waals surface area contributed by atoms with E-state index in [0.717, 1.165) is 100 Å². The standard InChI is InChI=1S/C55H44N5O/c1-36-29-45(39-13-6-5-7-14-39)52(46(30-36)41-15-12-16-42(34-41)55(2,3)4)59-35-58(48-19-10-11-20-49(48)59)51-33-38(23-26-56-51)31-37-21-22-44-43-17-8-9-18-47(43)60(50(44)32-37)54-53-40(24-27-57-54)25-28-61-53/h5-30,32-35H,31H2,1-4H3/q+1/i1D3. The highest BCUT2D eigenvalue weighted by Crippen LogP contribution is 2.40. The van der Waals surface area contributed by atoms with Crippen molar-refractivity contribution in [2.75, 3.05) is 0 Å². The maximum Gasteiger partial charge on any atom is 0.267 e. The van der Waals surface area contributed by atoms with Crippen LogP contribution in [0, 0.1) is 6.85 Å². The number of fused-ring (bicyclic) bond motifs is 5. The van der Waals surface area contributed by atoms with Crippen molar-refractivity contribution in [1.82, 2.24) is 19.1 Å². The SMILES string of the molecule is [2H]C([2H])([2H])c1cc(-c2ccccc2)c(-n2c[n+](-c3cc(Cc4ccc5c6ccccc6n(-c6nccc7ccoc67)c5c4)ccn3)c3ccccc32)c(-c2cccc(C(C)(C)C)c2)c1. The Bertz CT molecular complexity index is 3570. The first-order valence-electron chi connectivity index (χ1n) is 22.2. The minimum Gasteiger partial charge on any atom is -0.460 e. The molecule has 0 spiro atoms. The van der Waals surface area contributed by atoms with Gasteiger partial charge in [-0.1, -0.05) is 118 Å². The molecule has 11 rings (SSSR count). The van der Waals surface area contributed by atoms with Crippen molar-refractivity contribution in [3.05, 3.63) is 205 Å². The van der Waals surface area contributed by atoms with Crippen LogP contribution in [-0.2, 0) is 11.8 Å². The Morgan fingerprint density at radius 3 is 2.23 bits per heavy atom. The van der Waals surface area contributed by atoms with Crippen LogP contribution in [0.15, 0.2) is 187 Å². The second-order valence-electron chi connectivity index (χ2n) is 16.8. The normalized spacial score (nSPS) is 12.9. The number of nitrogens with zero attached hydrogens (tertiary/aromatic N) is 5. The lowest BCUT2D eigenvalue weighted by molar-refractivity contribution is -0.571. The average Bonchev–Trinajstić information content (AvgIpc) is 4.03. The number of benzene rings is 6. The number of aryl methyl sites for hydroxylation is 1. The molecule has 0 N–H and O–H groups in total. The molecule has 61 heavy (non-hydrogen) atoms. The fraction of sp³-hybridized carbons (Fsp3) is 0.109. The number of aromatic nitrogens is 5. The van der Waals surface area contributed by atoms with Gasteiger partial charge in [-0.2, -0.15) is 4.57 Å². The van der Waals surface area contributed by atoms with Crippen LogP contribution in [-0.4, -0.2) is 19.1 Å². The van der Waals surface area contributed by atoms with Gasteiger partial charge in [0.2, 0.25) is 6.33 Å². The van der Waals surface area contributed by atoms with Crippen molar-refractivity contribution in [2.45, 2.75) is 39.5 Å². The van der Waals surface area contributed by atoms with Crippen molar-refractivity contribution >= 4 is 43.8 Å². The number of imidazole rings is 1. The molecule has 0 saturated carbocycles. The molecule has 6 aromatic carbocycles. The summed E-state index contributed by atoms with van der Waals surface area (Å²) in [5, 5.41) is 3.31. The quantitative estimate of drug-likeness (QED) is 0.151. The molecular weight excluding hydrogens is 747 g/mol. The Labute approximate surface area is 358 Å². The number of pyridine rings is 2. The van der Waals surface area contributed by atoms with Gasteiger partial charge in [-0.3, -0.25) is 4.57 Å². The summed E-state index contributed by atoms with van der Waals surface area (Å²) >= 11 is 0. The Hall–Kier alpha value is -7.57. The largest absolute Gasteiger partial charge is 0.460 e. The third-order valence-electron chi connectivity index (χ3n) is 11.9. The van der Waals surface area contributed by atoms with Crippen LogP contribution >= 0.6 is 0 Å². The first-order valence-corrected chi connectivity index (χ1v) is 20.7. The van der Waals surface area contributed by atoms with Crippen LogP contribution in [0.1, 0.15) is 47.1 Å². The van der Waals surface area contributed by atoms with E-state index in [2.05, 4.69) is 132 Å². The molecule has 0 aliphatic rings. The van der Waals surface area contributed by atoms with Crippen LogP contribution in [0.2, 0.25) is 0 Å². The maximum atomic E-state index is 8.60. The summed E-state index contributed by atoms with van der Waals surface area (Å²) in [5.74, 6) is 1.53. The molecule has 0 aliphatic carbocycles. The van der Waals surface area contributed by atoms with Crippen molar-refractivity contribution < 1.29 is 13.1 Å². The van der Waals surface area contributed by atoms with E-state index in [0.29, 0.717) is 6.42 Å². The summed E-state index contributed by atoms with van der Waals surface area (Å²) in [4.78, 5) is 9.80. The van der Waals surface area contributed by atoms with Crippen molar-refractivity contribution in [3.63, 3.8) is 0 Å². The highest BCUT2D eigenvalue weighted by molar-refractivity contribution is 6.10. The Morgan fingerprint density at radius 1 is 0.639 bits per heavy atom. The molecule has 0 aliphatic heterocycles. The van der Waals surface area contributed by atoms with Gasteiger partial charge < -0.3 is 4.42 Å². The zero-order chi connectivity index (χ0) is 43.7. The summed E-state index contributed by atoms with van der Waals surface area (Å²) in [5.41, 5.74) is 12.8. The number of rotatable bonds is 7. The third kappa shape index (κ3) is 6.30. The molecule has 6 nitrogen and oxygen atoms in total. The van der Waals surface area contributed by atoms with E-state index < -0.39 is 6.85 Å². The average molecular weight is 794 g/mol. The molecule has 0 atom stereocenters. The highest BCUT2D eigenvalue weighted by Gasteiger charge is 2.25. The lowest BCUT2D eigenvalue weighted by atomic mass is 9.84. The number of hydrogen-bond acceptors (Lipinski definition) is 3. The van der Waals surface area contributed by atoms with E-state index in [-0.39, 0.29) is 11.0 Å². The van der Waals surface area contributed by atoms with Gasteiger partial charge in [-0.15, -0.1) is 4.98 Å². The van der Waals surface area contributed by atoms with Crippen LogP contribution < -0.4 is 4.57 Å². The smallest absolute Gasteiger partial charge is 0.267 e. The minimum atomic E-state index is -2.33. The van der Waals surface area contributed by atoms with Gasteiger partial charge >= 0.3 is 0 Å². The van der Waals surface area contributed by atoms with E-state index in [1.54, 1.807) is 6.26 Å². The van der Waals surface area contributed by atoms with Gasteiger partial charge in [0.05, 0.1) is 17.3 Å². The summed E-state index contributed by atoms with van der Waals surface area (Å²) in [6.45, 7) is 4.27. The Morgan fingerprint density at radius 2 is 1.38 bits per heavy atom. The Balaban J connectivity index is 1.07. The minimum absolute atomic E-state index is 0.115. The first kappa shape index (κ1) is 33.3. The van der Waals surface area contributed by atoms with E-state index in [1.165, 1.54) is 0 Å². The molecule has 0 saturated heterocycles. The third-order valence-corrected chi connectivity index (χ3v) is 11.9. The fourth-order valence-electron chi connectivity index (χ4n) is 8.91. The highest BCUT2D eigenvalue weighted by atomic mass is 16.3. The lowest BCUT2D eigenvalue weighted by Crippen LogP contribution is -2.30. The molecule has 0 fully saturated rings. The zero-order valence-electron chi connectivity index (χ0n) is 37.2. The summed E-state index contributed by atoms with van der Waals surface area (Å²) in [7, 11) is 0. The van der Waals surface area contributed by atoms with Gasteiger partial charge in [-0.25, -0.2) is 9.55 Å². The maximum absolute atomic E-state index is 8.60. The predicted molar refractivity (Wildman–Crippen MR) is 248 cm³/mol. The van der Waals surface area contributed by atoms with Gasteiger partial charge in [0.25, 0.3) is 5.82 Å². The van der Waals surface area contributed by atoms with Crippen LogP contribution in [0.25, 0.3) is 83.4 Å². The first-order chi connectivity index (χ1) is 31.0. The second kappa shape index (κ2) is 14.3. The molecule has 0 amide bonds. The monoisotopic (exact) mass is 793 g/mol.